The van der Waals surface area contributed by atoms with Crippen molar-refractivity contribution in [3.05, 3.63) is 0 Å². The van der Waals surface area contributed by atoms with Gasteiger partial charge >= 0.3 is 12.0 Å². The predicted molar refractivity (Wildman–Crippen MR) is 56.7 cm³/mol. The van der Waals surface area contributed by atoms with E-state index in [0.717, 1.165) is 12.8 Å². The van der Waals surface area contributed by atoms with Crippen molar-refractivity contribution in [2.75, 3.05) is 13.7 Å². The maximum atomic E-state index is 10.7. The van der Waals surface area contributed by atoms with Gasteiger partial charge in [-0.3, -0.25) is 4.79 Å². The summed E-state index contributed by atoms with van der Waals surface area (Å²) in [7, 11) is 1.34. The van der Waals surface area contributed by atoms with Crippen LogP contribution in [0.1, 0.15) is 19.3 Å². The number of ether oxygens (including phenoxy) is 1. The fraction of sp³-hybridized carbons (Fsp3) is 0.750. The summed E-state index contributed by atoms with van der Waals surface area (Å²) in [5, 5.41) is 0. The molecule has 0 aliphatic carbocycles. The second-order valence-electron chi connectivity index (χ2n) is 2.82. The van der Waals surface area contributed by atoms with Gasteiger partial charge in [0.25, 0.3) is 0 Å². The zero-order valence-corrected chi connectivity index (χ0v) is 8.94. The van der Waals surface area contributed by atoms with Gasteiger partial charge in [0.2, 0.25) is 0 Å². The predicted octanol–water partition coefficient (Wildman–Crippen LogP) is -1.36. The highest BCUT2D eigenvalue weighted by Crippen LogP contribution is 1.98. The molecule has 0 bridgehead atoms. The maximum absolute atomic E-state index is 10.7. The minimum atomic E-state index is -0.833. The van der Waals surface area contributed by atoms with Crippen molar-refractivity contribution < 1.29 is 14.3 Å². The normalized spacial score (nSPS) is 10.9. The molecule has 7 nitrogen and oxygen atoms in total. The molecule has 0 fully saturated rings. The van der Waals surface area contributed by atoms with Crippen LogP contribution in [0.2, 0.25) is 0 Å². The van der Waals surface area contributed by atoms with Gasteiger partial charge in [0.15, 0.2) is 0 Å². The average Bonchev–Trinajstić information content (AvgIpc) is 2.16. The Morgan fingerprint density at radius 3 is 2.07 bits per heavy atom. The van der Waals surface area contributed by atoms with E-state index in [2.05, 4.69) is 16.2 Å². The highest BCUT2D eigenvalue weighted by molar-refractivity contribution is 5.75. The van der Waals surface area contributed by atoms with Crippen molar-refractivity contribution in [1.82, 2.24) is 0 Å². The zero-order valence-electron chi connectivity index (χ0n) is 8.94. The van der Waals surface area contributed by atoms with Crippen molar-refractivity contribution in [2.45, 2.75) is 25.3 Å². The number of hydrogen-bond donors (Lipinski definition) is 4. The number of carbonyl (C=O) groups is 2. The summed E-state index contributed by atoms with van der Waals surface area (Å²) in [6, 6.07) is -1.31. The highest BCUT2D eigenvalue weighted by atomic mass is 16.5. The smallest absolute Gasteiger partial charge is 0.322 e. The van der Waals surface area contributed by atoms with Crippen molar-refractivity contribution in [2.24, 2.45) is 22.9 Å². The second kappa shape index (κ2) is 10.7. The molecule has 7 heteroatoms. The Hall–Kier alpha value is -1.34. The lowest BCUT2D eigenvalue weighted by atomic mass is 10.1. The van der Waals surface area contributed by atoms with E-state index in [-0.39, 0.29) is 5.97 Å². The number of methoxy groups -OCH3 is 1. The number of unbranched alkanes of at least 4 members (excludes halogenated alkanes) is 1. The molecule has 0 saturated carbocycles. The maximum Gasteiger partial charge on any atom is 0.322 e. The number of rotatable bonds is 5. The molecule has 0 aromatic rings. The molecule has 1 unspecified atom stereocenters. The largest absolute Gasteiger partial charge is 0.468 e. The fourth-order valence-corrected chi connectivity index (χ4v) is 0.778. The van der Waals surface area contributed by atoms with E-state index >= 15 is 0 Å². The quantitative estimate of drug-likeness (QED) is 0.333. The van der Waals surface area contributed by atoms with E-state index in [1.54, 1.807) is 0 Å². The number of amides is 2. The molecule has 0 saturated heterocycles. The van der Waals surface area contributed by atoms with Crippen molar-refractivity contribution in [3.8, 4) is 0 Å². The van der Waals surface area contributed by atoms with Crippen LogP contribution in [0.4, 0.5) is 4.79 Å². The Bertz CT molecular complexity index is 183. The molecule has 0 rings (SSSR count). The SMILES string of the molecule is COC(=O)C(N)CCCCN.NC(N)=O. The number of primary amides is 2. The van der Waals surface area contributed by atoms with E-state index in [0.29, 0.717) is 13.0 Å². The monoisotopic (exact) mass is 220 g/mol. The third-order valence-corrected chi connectivity index (χ3v) is 1.47. The Morgan fingerprint density at radius 2 is 1.73 bits per heavy atom. The molecule has 0 aromatic carbocycles. The van der Waals surface area contributed by atoms with E-state index in [9.17, 15) is 4.79 Å². The number of esters is 1. The third-order valence-electron chi connectivity index (χ3n) is 1.47. The standard InChI is InChI=1S/C7H16N2O2.CH4N2O/c1-11-7(10)6(9)4-2-3-5-8;2-1(3)4/h6H,2-5,8-9H2,1H3;(H4,2,3,4). The van der Waals surface area contributed by atoms with Gasteiger partial charge in [-0.25, -0.2) is 4.79 Å². The summed E-state index contributed by atoms with van der Waals surface area (Å²) in [6.07, 6.45) is 2.45. The van der Waals surface area contributed by atoms with Gasteiger partial charge in [0.05, 0.1) is 7.11 Å². The molecule has 0 heterocycles. The lowest BCUT2D eigenvalue weighted by Gasteiger charge is -2.07. The van der Waals surface area contributed by atoms with Crippen LogP contribution in [0.3, 0.4) is 0 Å². The van der Waals surface area contributed by atoms with Gasteiger partial charge in [-0.05, 0) is 19.4 Å². The molecular formula is C8H20N4O3. The number of nitrogens with two attached hydrogens (primary N) is 4. The topological polar surface area (TPSA) is 147 Å². The Morgan fingerprint density at radius 1 is 1.27 bits per heavy atom. The molecular weight excluding hydrogens is 200 g/mol. The second-order valence-corrected chi connectivity index (χ2v) is 2.82. The fourth-order valence-electron chi connectivity index (χ4n) is 0.778. The minimum Gasteiger partial charge on any atom is -0.468 e. The summed E-state index contributed by atoms with van der Waals surface area (Å²) in [5.41, 5.74) is 19.2. The molecule has 15 heavy (non-hydrogen) atoms. The summed E-state index contributed by atoms with van der Waals surface area (Å²) in [6.45, 7) is 0.647. The van der Waals surface area contributed by atoms with Gasteiger partial charge in [0.1, 0.15) is 6.04 Å². The Labute approximate surface area is 89.1 Å². The summed E-state index contributed by atoms with van der Waals surface area (Å²) in [4.78, 5) is 19.7. The minimum absolute atomic E-state index is 0.345. The highest BCUT2D eigenvalue weighted by Gasteiger charge is 2.11. The van der Waals surface area contributed by atoms with Gasteiger partial charge in [-0.15, -0.1) is 0 Å². The Kier molecular flexibility index (Phi) is 11.5. The lowest BCUT2D eigenvalue weighted by Crippen LogP contribution is -2.31. The van der Waals surface area contributed by atoms with E-state index in [1.165, 1.54) is 7.11 Å². The van der Waals surface area contributed by atoms with Crippen LogP contribution in [0, 0.1) is 0 Å². The molecule has 2 amide bonds. The van der Waals surface area contributed by atoms with E-state index in [1.807, 2.05) is 0 Å². The van der Waals surface area contributed by atoms with Crippen LogP contribution in [0.5, 0.6) is 0 Å². The first-order valence-corrected chi connectivity index (χ1v) is 4.54. The van der Waals surface area contributed by atoms with Crippen LogP contribution in [-0.4, -0.2) is 31.7 Å². The molecule has 90 valence electrons. The van der Waals surface area contributed by atoms with E-state index < -0.39 is 12.1 Å². The molecule has 0 spiro atoms. The number of carbonyl (C=O) groups excluding carboxylic acids is 2. The molecule has 0 aromatic heterocycles. The number of urea groups is 1. The van der Waals surface area contributed by atoms with Crippen LogP contribution >= 0.6 is 0 Å². The molecule has 0 aliphatic rings. The summed E-state index contributed by atoms with van der Waals surface area (Å²) >= 11 is 0. The summed E-state index contributed by atoms with van der Waals surface area (Å²) < 4.78 is 4.45. The molecule has 0 radical (unpaired) electrons. The number of hydrogen-bond acceptors (Lipinski definition) is 5. The van der Waals surface area contributed by atoms with Gasteiger partial charge < -0.3 is 27.7 Å². The molecule has 1 atom stereocenters. The van der Waals surface area contributed by atoms with Gasteiger partial charge in [-0.2, -0.15) is 0 Å². The van der Waals surface area contributed by atoms with Gasteiger partial charge in [0, 0.05) is 0 Å². The van der Waals surface area contributed by atoms with Crippen molar-refractivity contribution in [1.29, 1.82) is 0 Å². The van der Waals surface area contributed by atoms with Crippen molar-refractivity contribution in [3.63, 3.8) is 0 Å². The van der Waals surface area contributed by atoms with Crippen LogP contribution in [0.25, 0.3) is 0 Å². The van der Waals surface area contributed by atoms with E-state index in [4.69, 9.17) is 16.3 Å². The lowest BCUT2D eigenvalue weighted by molar-refractivity contribution is -0.142. The zero-order chi connectivity index (χ0) is 12.3. The third kappa shape index (κ3) is 15.4. The first kappa shape index (κ1) is 16.1. The first-order chi connectivity index (χ1) is 6.95. The Balaban J connectivity index is 0. The van der Waals surface area contributed by atoms with Crippen LogP contribution in [-0.2, 0) is 9.53 Å². The molecule has 8 N–H and O–H groups in total. The average molecular weight is 220 g/mol. The molecule has 0 aliphatic heterocycles. The van der Waals surface area contributed by atoms with Crippen LogP contribution in [0.15, 0.2) is 0 Å². The van der Waals surface area contributed by atoms with Crippen molar-refractivity contribution >= 4 is 12.0 Å². The van der Waals surface area contributed by atoms with Crippen LogP contribution < -0.4 is 22.9 Å². The summed E-state index contributed by atoms with van der Waals surface area (Å²) in [5.74, 6) is -0.345. The van der Waals surface area contributed by atoms with Gasteiger partial charge in [-0.1, -0.05) is 6.42 Å². The first-order valence-electron chi connectivity index (χ1n) is 4.54.